The maximum Gasteiger partial charge on any atom is 0.178 e. The summed E-state index contributed by atoms with van der Waals surface area (Å²) in [6.07, 6.45) is -0.369. The summed E-state index contributed by atoms with van der Waals surface area (Å²) in [5.41, 5.74) is 0. The molecule has 7 heteroatoms. The first kappa shape index (κ1) is 33.3. The van der Waals surface area contributed by atoms with Crippen LogP contribution in [0, 0.1) is 124 Å². The van der Waals surface area contributed by atoms with Crippen LogP contribution in [-0.2, 0) is 42.2 Å². The minimum Gasteiger partial charge on any atom is -0.390 e. The second-order valence-electron chi connectivity index (χ2n) is 6.47. The zero-order valence-corrected chi connectivity index (χ0v) is 24.1. The standard InChI is InChI=1S/C30H20N2O3S.Y/c1-4-5-6-7-8-9-10-11-12-13-14-15-16-17-18-19-20-21-22-23-31-30(36)32-27-24-26(25-34-2)28(33)29(27)35-3;/h26-29,33H,24-25H2,1-3H3,(H2,31,32,36);/t26-,27-,28+,29?;/m1./s1. The molecule has 0 aliphatic heterocycles. The molecular weight excluding hydrogens is 557 g/mol. The number of thiocarbonyl (C=S) groups is 1. The number of hydrogen-bond acceptors (Lipinski definition) is 4. The van der Waals surface area contributed by atoms with Gasteiger partial charge in [0, 0.05) is 118 Å². The summed E-state index contributed by atoms with van der Waals surface area (Å²) in [5.74, 6) is 48.1. The predicted octanol–water partition coefficient (Wildman–Crippen LogP) is -0.130. The van der Waals surface area contributed by atoms with Crippen molar-refractivity contribution < 1.29 is 47.3 Å². The summed E-state index contributed by atoms with van der Waals surface area (Å²) in [6.45, 7) is 2.14. The fourth-order valence-electron chi connectivity index (χ4n) is 2.82. The molecule has 4 atom stereocenters. The molecule has 37 heavy (non-hydrogen) atoms. The fourth-order valence-corrected chi connectivity index (χ4v) is 3.02. The zero-order valence-electron chi connectivity index (χ0n) is 20.5. The molecule has 1 fully saturated rings. The first-order valence-electron chi connectivity index (χ1n) is 10.3. The molecule has 1 rings (SSSR count). The Hall–Kier alpha value is -3.73. The van der Waals surface area contributed by atoms with E-state index in [0.29, 0.717) is 18.1 Å². The minimum absolute atomic E-state index is 0. The first-order valence-corrected chi connectivity index (χ1v) is 10.7. The van der Waals surface area contributed by atoms with Gasteiger partial charge in [-0.3, -0.25) is 5.32 Å². The molecular formula is C30H20N2O3SY. The van der Waals surface area contributed by atoms with Crippen LogP contribution in [0.4, 0.5) is 0 Å². The third-order valence-corrected chi connectivity index (χ3v) is 4.39. The monoisotopic (exact) mass is 577 g/mol. The van der Waals surface area contributed by atoms with E-state index in [9.17, 15) is 5.11 Å². The van der Waals surface area contributed by atoms with Crippen LogP contribution in [-0.4, -0.2) is 49.3 Å². The molecule has 1 unspecified atom stereocenters. The summed E-state index contributed by atoms with van der Waals surface area (Å²) in [7, 11) is 3.15. The third-order valence-electron chi connectivity index (χ3n) is 4.17. The molecule has 5 nitrogen and oxygen atoms in total. The summed E-state index contributed by atoms with van der Waals surface area (Å²) in [5, 5.41) is 16.4. The Balaban J connectivity index is 0.0000130. The van der Waals surface area contributed by atoms with Crippen LogP contribution in [0.5, 0.6) is 0 Å². The van der Waals surface area contributed by atoms with Gasteiger partial charge in [-0.25, -0.2) is 0 Å². The summed E-state index contributed by atoms with van der Waals surface area (Å²) >= 11 is 5.22. The van der Waals surface area contributed by atoms with Crippen molar-refractivity contribution >= 4 is 17.3 Å². The van der Waals surface area contributed by atoms with Gasteiger partial charge < -0.3 is 19.9 Å². The topological polar surface area (TPSA) is 62.8 Å². The smallest absolute Gasteiger partial charge is 0.178 e. The average molecular weight is 577 g/mol. The van der Waals surface area contributed by atoms with E-state index < -0.39 is 12.2 Å². The molecule has 177 valence electrons. The van der Waals surface area contributed by atoms with Crippen molar-refractivity contribution in [3.8, 4) is 119 Å². The number of aliphatic hydroxyl groups is 1. The van der Waals surface area contributed by atoms with Gasteiger partial charge in [0.05, 0.1) is 18.8 Å². The second kappa shape index (κ2) is 22.7. The molecule has 1 aliphatic rings. The molecule has 1 saturated carbocycles. The Morgan fingerprint density at radius 1 is 0.784 bits per heavy atom. The zero-order chi connectivity index (χ0) is 26.3. The van der Waals surface area contributed by atoms with Crippen molar-refractivity contribution in [3.63, 3.8) is 0 Å². The molecule has 1 aliphatic carbocycles. The van der Waals surface area contributed by atoms with Crippen molar-refractivity contribution in [2.75, 3.05) is 20.8 Å². The van der Waals surface area contributed by atoms with Gasteiger partial charge in [-0.05, 0) is 72.9 Å². The van der Waals surface area contributed by atoms with E-state index in [4.69, 9.17) is 21.7 Å². The number of ether oxygens (including phenoxy) is 2. The quantitative estimate of drug-likeness (QED) is 0.246. The molecule has 0 amide bonds. The second-order valence-corrected chi connectivity index (χ2v) is 6.88. The van der Waals surface area contributed by atoms with Crippen LogP contribution < -0.4 is 10.6 Å². The minimum atomic E-state index is -0.634. The van der Waals surface area contributed by atoms with Crippen molar-refractivity contribution in [3.05, 3.63) is 0 Å². The Kier molecular flexibility index (Phi) is 20.4. The van der Waals surface area contributed by atoms with Crippen LogP contribution in [0.3, 0.4) is 0 Å². The van der Waals surface area contributed by atoms with E-state index in [0.717, 1.165) is 0 Å². The number of nitrogens with one attached hydrogen (secondary N) is 2. The molecule has 1 radical (unpaired) electrons. The van der Waals surface area contributed by atoms with Gasteiger partial charge >= 0.3 is 0 Å². The van der Waals surface area contributed by atoms with Crippen LogP contribution in [0.1, 0.15) is 13.3 Å². The number of aliphatic hydroxyl groups excluding tert-OH is 1. The van der Waals surface area contributed by atoms with Crippen molar-refractivity contribution in [2.24, 2.45) is 5.92 Å². The van der Waals surface area contributed by atoms with E-state index in [-0.39, 0.29) is 44.7 Å². The third kappa shape index (κ3) is 15.8. The number of rotatable bonds is 4. The van der Waals surface area contributed by atoms with Crippen LogP contribution in [0.15, 0.2) is 0 Å². The Labute approximate surface area is 250 Å². The Morgan fingerprint density at radius 3 is 1.62 bits per heavy atom. The SMILES string of the molecule is CC#CC#CC#CC#CC#CC#CC#CC#CC#CC#CNC(=S)N[C@@H]1C[C@H](COC)[C@H](O)C1OC.[Y]. The molecule has 0 aromatic carbocycles. The van der Waals surface area contributed by atoms with Crippen molar-refractivity contribution in [1.82, 2.24) is 10.6 Å². The molecule has 0 heterocycles. The van der Waals surface area contributed by atoms with Gasteiger partial charge in [-0.2, -0.15) is 0 Å². The molecule has 0 saturated heterocycles. The van der Waals surface area contributed by atoms with E-state index in [1.165, 1.54) is 0 Å². The van der Waals surface area contributed by atoms with Gasteiger partial charge in [0.15, 0.2) is 5.11 Å². The maximum atomic E-state index is 10.3. The van der Waals surface area contributed by atoms with Crippen molar-refractivity contribution in [2.45, 2.75) is 31.6 Å². The fraction of sp³-hybridized carbons (Fsp3) is 0.300. The first-order chi connectivity index (χ1) is 17.6. The largest absolute Gasteiger partial charge is 0.390 e. The van der Waals surface area contributed by atoms with E-state index in [2.05, 4.69) is 129 Å². The molecule has 0 spiro atoms. The molecule has 0 aromatic rings. The van der Waals surface area contributed by atoms with Gasteiger partial charge in [-0.1, -0.05) is 5.92 Å². The molecule has 3 N–H and O–H groups in total. The maximum absolute atomic E-state index is 10.3. The average Bonchev–Trinajstić information content (AvgIpc) is 3.16. The van der Waals surface area contributed by atoms with Crippen LogP contribution >= 0.6 is 12.2 Å². The van der Waals surface area contributed by atoms with Gasteiger partial charge in [0.25, 0.3) is 0 Å². The number of hydrogen-bond donors (Lipinski definition) is 3. The van der Waals surface area contributed by atoms with Gasteiger partial charge in [-0.15, -0.1) is 0 Å². The van der Waals surface area contributed by atoms with E-state index >= 15 is 0 Å². The molecule has 0 aromatic heterocycles. The van der Waals surface area contributed by atoms with Gasteiger partial charge in [0.2, 0.25) is 0 Å². The summed E-state index contributed by atoms with van der Waals surface area (Å²) < 4.78 is 10.5. The number of methoxy groups -OCH3 is 2. The van der Waals surface area contributed by atoms with Crippen molar-refractivity contribution in [1.29, 1.82) is 0 Å². The normalized spacial score (nSPS) is 16.8. The molecule has 0 bridgehead atoms. The Morgan fingerprint density at radius 2 is 1.22 bits per heavy atom. The van der Waals surface area contributed by atoms with E-state index in [1.807, 2.05) is 0 Å². The predicted molar refractivity (Wildman–Crippen MR) is 143 cm³/mol. The Bertz CT molecular complexity index is 1450. The van der Waals surface area contributed by atoms with Gasteiger partial charge in [0.1, 0.15) is 6.10 Å². The van der Waals surface area contributed by atoms with Crippen LogP contribution in [0.25, 0.3) is 0 Å². The summed E-state index contributed by atoms with van der Waals surface area (Å²) in [4.78, 5) is 0. The van der Waals surface area contributed by atoms with Crippen LogP contribution in [0.2, 0.25) is 0 Å². The summed E-state index contributed by atoms with van der Waals surface area (Å²) in [6, 6.07) is 2.46. The van der Waals surface area contributed by atoms with E-state index in [1.54, 1.807) is 21.1 Å².